The van der Waals surface area contributed by atoms with Gasteiger partial charge in [-0.05, 0) is 30.4 Å². The van der Waals surface area contributed by atoms with Gasteiger partial charge in [0.1, 0.15) is 0 Å². The Morgan fingerprint density at radius 3 is 2.69 bits per heavy atom. The molecule has 0 aliphatic rings. The van der Waals surface area contributed by atoms with Crippen molar-refractivity contribution in [2.45, 2.75) is 0 Å². The van der Waals surface area contributed by atoms with E-state index in [0.29, 0.717) is 11.5 Å². The Bertz CT molecular complexity index is 381. The Morgan fingerprint density at radius 2 is 2.06 bits per heavy atom. The zero-order valence-corrected chi connectivity index (χ0v) is 9.97. The lowest BCUT2D eigenvalue weighted by Crippen LogP contribution is -2.27. The zero-order valence-electron chi connectivity index (χ0n) is 9.15. The molecule has 1 rings (SSSR count). The summed E-state index contributed by atoms with van der Waals surface area (Å²) in [5.41, 5.74) is 6.72. The van der Waals surface area contributed by atoms with E-state index in [4.69, 9.17) is 12.2 Å². The molecule has 0 spiro atoms. The minimum absolute atomic E-state index is 0.574. The standard InChI is InChI=1S/C10H14N4OS/c1-14(2)10(16)12-8-4-3-5-9(6-8)13-11-7-15/h3-7,13H,1-2H3,(H,11,15)(H,12,16). The average Bonchev–Trinajstić information content (AvgIpc) is 2.26. The molecule has 0 aliphatic heterocycles. The van der Waals surface area contributed by atoms with Gasteiger partial charge in [0.2, 0.25) is 6.41 Å². The maximum atomic E-state index is 10.1. The largest absolute Gasteiger partial charge is 0.355 e. The molecule has 0 bridgehead atoms. The fraction of sp³-hybridized carbons (Fsp3) is 0.200. The van der Waals surface area contributed by atoms with E-state index in [1.54, 1.807) is 4.90 Å². The molecule has 0 aliphatic carbocycles. The van der Waals surface area contributed by atoms with Crippen LogP contribution in [0.4, 0.5) is 11.4 Å². The number of nitrogens with one attached hydrogen (secondary N) is 3. The van der Waals surface area contributed by atoms with Crippen LogP contribution < -0.4 is 16.2 Å². The summed E-state index contributed by atoms with van der Waals surface area (Å²) in [5.74, 6) is 0. The fourth-order valence-corrected chi connectivity index (χ4v) is 1.14. The Morgan fingerprint density at radius 1 is 1.38 bits per heavy atom. The van der Waals surface area contributed by atoms with Crippen molar-refractivity contribution < 1.29 is 4.79 Å². The highest BCUT2D eigenvalue weighted by Gasteiger charge is 2.00. The maximum Gasteiger partial charge on any atom is 0.225 e. The summed E-state index contributed by atoms with van der Waals surface area (Å²) >= 11 is 5.11. The summed E-state index contributed by atoms with van der Waals surface area (Å²) in [6.07, 6.45) is 0.574. The third-order valence-electron chi connectivity index (χ3n) is 1.80. The second-order valence-electron chi connectivity index (χ2n) is 3.29. The SMILES string of the molecule is CN(C)C(=S)Nc1cccc(NNC=O)c1. The van der Waals surface area contributed by atoms with E-state index in [9.17, 15) is 4.79 Å². The van der Waals surface area contributed by atoms with E-state index in [2.05, 4.69) is 16.2 Å². The van der Waals surface area contributed by atoms with E-state index in [1.807, 2.05) is 38.4 Å². The highest BCUT2D eigenvalue weighted by molar-refractivity contribution is 7.80. The van der Waals surface area contributed by atoms with Crippen LogP contribution in [0.3, 0.4) is 0 Å². The third-order valence-corrected chi connectivity index (χ3v) is 2.26. The van der Waals surface area contributed by atoms with Crippen molar-refractivity contribution >= 4 is 35.1 Å². The van der Waals surface area contributed by atoms with Gasteiger partial charge < -0.3 is 10.2 Å². The Kier molecular flexibility index (Phi) is 4.53. The summed E-state index contributed by atoms with van der Waals surface area (Å²) in [4.78, 5) is 11.9. The third kappa shape index (κ3) is 3.74. The van der Waals surface area contributed by atoms with E-state index < -0.39 is 0 Å². The monoisotopic (exact) mass is 238 g/mol. The van der Waals surface area contributed by atoms with Crippen LogP contribution in [-0.2, 0) is 4.79 Å². The van der Waals surface area contributed by atoms with E-state index in [1.165, 1.54) is 0 Å². The number of thiocarbonyl (C=S) groups is 1. The average molecular weight is 238 g/mol. The van der Waals surface area contributed by atoms with E-state index in [-0.39, 0.29) is 0 Å². The first kappa shape index (κ1) is 12.3. The van der Waals surface area contributed by atoms with Gasteiger partial charge >= 0.3 is 0 Å². The first-order chi connectivity index (χ1) is 7.63. The number of amides is 1. The number of carbonyl (C=O) groups is 1. The molecule has 86 valence electrons. The Balaban J connectivity index is 2.66. The Labute approximate surface area is 99.8 Å². The van der Waals surface area contributed by atoms with E-state index in [0.717, 1.165) is 11.4 Å². The number of anilines is 2. The molecule has 1 amide bonds. The van der Waals surface area contributed by atoms with Gasteiger partial charge in [-0.1, -0.05) is 6.07 Å². The Hall–Kier alpha value is -1.82. The van der Waals surface area contributed by atoms with Crippen molar-refractivity contribution in [2.75, 3.05) is 24.8 Å². The molecule has 16 heavy (non-hydrogen) atoms. The van der Waals surface area contributed by atoms with Gasteiger partial charge in [0.25, 0.3) is 0 Å². The number of hydrazine groups is 1. The lowest BCUT2D eigenvalue weighted by Gasteiger charge is -2.16. The molecule has 6 heteroatoms. The van der Waals surface area contributed by atoms with Crippen molar-refractivity contribution in [3.63, 3.8) is 0 Å². The smallest absolute Gasteiger partial charge is 0.225 e. The fourth-order valence-electron chi connectivity index (χ4n) is 1.02. The quantitative estimate of drug-likeness (QED) is 0.415. The van der Waals surface area contributed by atoms with Crippen LogP contribution in [0.25, 0.3) is 0 Å². The van der Waals surface area contributed by atoms with Gasteiger partial charge in [-0.15, -0.1) is 0 Å². The lowest BCUT2D eigenvalue weighted by molar-refractivity contribution is -0.109. The number of nitrogens with zero attached hydrogens (tertiary/aromatic N) is 1. The molecule has 5 nitrogen and oxygen atoms in total. The summed E-state index contributed by atoms with van der Waals surface area (Å²) in [6.45, 7) is 0. The normalized spacial score (nSPS) is 9.12. The van der Waals surface area contributed by atoms with Crippen molar-refractivity contribution in [1.82, 2.24) is 10.3 Å². The summed E-state index contributed by atoms with van der Waals surface area (Å²) in [6, 6.07) is 7.42. The highest BCUT2D eigenvalue weighted by atomic mass is 32.1. The molecule has 0 atom stereocenters. The number of rotatable bonds is 4. The molecule has 0 saturated heterocycles. The lowest BCUT2D eigenvalue weighted by atomic mass is 10.3. The number of benzene rings is 1. The van der Waals surface area contributed by atoms with Crippen molar-refractivity contribution in [1.29, 1.82) is 0 Å². The van der Waals surface area contributed by atoms with Gasteiger partial charge in [0, 0.05) is 19.8 Å². The first-order valence-electron chi connectivity index (χ1n) is 4.67. The predicted molar refractivity (Wildman–Crippen MR) is 69.2 cm³/mol. The second kappa shape index (κ2) is 5.92. The maximum absolute atomic E-state index is 10.1. The summed E-state index contributed by atoms with van der Waals surface area (Å²) in [7, 11) is 3.73. The molecule has 3 N–H and O–H groups in total. The van der Waals surface area contributed by atoms with E-state index >= 15 is 0 Å². The molecular formula is C10H14N4OS. The second-order valence-corrected chi connectivity index (χ2v) is 3.68. The minimum atomic E-state index is 0.574. The first-order valence-corrected chi connectivity index (χ1v) is 5.08. The van der Waals surface area contributed by atoms with Crippen LogP contribution in [0, 0.1) is 0 Å². The van der Waals surface area contributed by atoms with Gasteiger partial charge in [-0.3, -0.25) is 15.6 Å². The summed E-state index contributed by atoms with van der Waals surface area (Å²) < 4.78 is 0. The predicted octanol–water partition coefficient (Wildman–Crippen LogP) is 1.02. The van der Waals surface area contributed by atoms with Crippen LogP contribution in [0.1, 0.15) is 0 Å². The van der Waals surface area contributed by atoms with Crippen molar-refractivity contribution in [2.24, 2.45) is 0 Å². The molecule has 0 heterocycles. The molecule has 1 aromatic rings. The molecule has 0 saturated carbocycles. The molecule has 0 unspecified atom stereocenters. The molecule has 0 radical (unpaired) electrons. The van der Waals surface area contributed by atoms with Crippen LogP contribution >= 0.6 is 12.2 Å². The number of hydrogen-bond acceptors (Lipinski definition) is 3. The molecule has 0 fully saturated rings. The van der Waals surface area contributed by atoms with Crippen LogP contribution in [-0.4, -0.2) is 30.5 Å². The van der Waals surface area contributed by atoms with Crippen molar-refractivity contribution in [3.05, 3.63) is 24.3 Å². The molecular weight excluding hydrogens is 224 g/mol. The van der Waals surface area contributed by atoms with Gasteiger partial charge in [-0.2, -0.15) is 0 Å². The van der Waals surface area contributed by atoms with Gasteiger partial charge in [0.05, 0.1) is 5.69 Å². The number of carbonyl (C=O) groups excluding carboxylic acids is 1. The minimum Gasteiger partial charge on any atom is -0.355 e. The highest BCUT2D eigenvalue weighted by Crippen LogP contribution is 2.14. The van der Waals surface area contributed by atoms with Crippen LogP contribution in [0.5, 0.6) is 0 Å². The van der Waals surface area contributed by atoms with Gasteiger partial charge in [-0.25, -0.2) is 0 Å². The number of hydrogen-bond donors (Lipinski definition) is 3. The summed E-state index contributed by atoms with van der Waals surface area (Å²) in [5, 5.41) is 3.68. The van der Waals surface area contributed by atoms with Crippen LogP contribution in [0.2, 0.25) is 0 Å². The van der Waals surface area contributed by atoms with Crippen molar-refractivity contribution in [3.8, 4) is 0 Å². The zero-order chi connectivity index (χ0) is 12.0. The van der Waals surface area contributed by atoms with Gasteiger partial charge in [0.15, 0.2) is 5.11 Å². The molecule has 1 aromatic carbocycles. The van der Waals surface area contributed by atoms with Crippen LogP contribution in [0.15, 0.2) is 24.3 Å². The topological polar surface area (TPSA) is 56.4 Å². The molecule has 0 aromatic heterocycles.